The van der Waals surface area contributed by atoms with E-state index >= 15 is 0 Å². The van der Waals surface area contributed by atoms with E-state index < -0.39 is 6.68 Å². The van der Waals surface area contributed by atoms with Crippen molar-refractivity contribution in [3.8, 4) is 0 Å². The Morgan fingerprint density at radius 1 is 0.900 bits per heavy atom. The summed E-state index contributed by atoms with van der Waals surface area (Å²) >= 11 is 0. The maximum atomic E-state index is 9.67. The first-order valence-corrected chi connectivity index (χ1v) is 3.57. The molecule has 0 spiro atoms. The van der Waals surface area contributed by atoms with Crippen molar-refractivity contribution in [1.29, 1.82) is 0 Å². The van der Waals surface area contributed by atoms with Crippen LogP contribution in [0.5, 0.6) is 0 Å². The molecule has 0 heterocycles. The fraction of sp³-hybridized carbons (Fsp3) is 1.00. The van der Waals surface area contributed by atoms with E-state index in [2.05, 4.69) is 13.8 Å². The molecule has 0 rings (SSSR count). The van der Waals surface area contributed by atoms with Crippen LogP contribution >= 0.6 is 0 Å². The maximum Gasteiger partial charge on any atom is 0.379 e. The Morgan fingerprint density at radius 3 is 1.20 bits per heavy atom. The summed E-state index contributed by atoms with van der Waals surface area (Å²) in [7, 11) is 0. The van der Waals surface area contributed by atoms with Gasteiger partial charge >= 0.3 is 6.68 Å². The van der Waals surface area contributed by atoms with Gasteiger partial charge in [0.1, 0.15) is 0 Å². The Hall–Kier alpha value is -0.210. The number of alkyl halides is 3. The van der Waals surface area contributed by atoms with Crippen LogP contribution in [-0.2, 0) is 0 Å². The molecule has 0 radical (unpaired) electrons. The smallest absolute Gasteiger partial charge is 0.174 e. The second kappa shape index (κ2) is 11.6. The van der Waals surface area contributed by atoms with Gasteiger partial charge in [-0.2, -0.15) is 13.2 Å². The average Bonchev–Trinajstić information content (AvgIpc) is 1.82. The Labute approximate surface area is 60.4 Å². The lowest BCUT2D eigenvalue weighted by Crippen LogP contribution is -1.66. The van der Waals surface area contributed by atoms with Crippen LogP contribution in [0.1, 0.15) is 39.5 Å². The Kier molecular flexibility index (Phi) is 14.4. The highest BCUT2D eigenvalue weighted by Crippen LogP contribution is 1.95. The molecule has 0 fully saturated rings. The molecule has 0 bridgehead atoms. The fourth-order valence-corrected chi connectivity index (χ4v) is 0.500. The van der Waals surface area contributed by atoms with E-state index in [1.165, 1.54) is 25.7 Å². The number of unbranched alkanes of at least 4 members (excludes halogenated alkanes) is 3. The second-order valence-corrected chi connectivity index (χ2v) is 1.95. The van der Waals surface area contributed by atoms with Crippen molar-refractivity contribution in [2.75, 3.05) is 0 Å². The van der Waals surface area contributed by atoms with E-state index in [1.807, 2.05) is 0 Å². The van der Waals surface area contributed by atoms with Crippen LogP contribution in [-0.4, -0.2) is 6.68 Å². The van der Waals surface area contributed by atoms with Crippen molar-refractivity contribution < 1.29 is 13.2 Å². The number of rotatable bonds is 3. The zero-order chi connectivity index (χ0) is 8.41. The average molecular weight is 156 g/mol. The van der Waals surface area contributed by atoms with Crippen LogP contribution in [0.3, 0.4) is 0 Å². The highest BCUT2D eigenvalue weighted by Gasteiger charge is 1.86. The largest absolute Gasteiger partial charge is 0.379 e. The van der Waals surface area contributed by atoms with Gasteiger partial charge in [0.15, 0.2) is 0 Å². The summed E-state index contributed by atoms with van der Waals surface area (Å²) in [6.07, 6.45) is 5.54. The van der Waals surface area contributed by atoms with Crippen molar-refractivity contribution >= 4 is 0 Å². The lowest BCUT2D eigenvalue weighted by molar-refractivity contribution is 0.00819. The molecule has 64 valence electrons. The molecular formula is C7H15F3. The van der Waals surface area contributed by atoms with Crippen molar-refractivity contribution in [1.82, 2.24) is 0 Å². The van der Waals surface area contributed by atoms with Gasteiger partial charge in [-0.25, -0.2) is 0 Å². The highest BCUT2D eigenvalue weighted by molar-refractivity contribution is 4.31. The SMILES string of the molecule is CCCCCC.FC(F)F. The number of hydrogen-bond acceptors (Lipinski definition) is 0. The monoisotopic (exact) mass is 156 g/mol. The van der Waals surface area contributed by atoms with Gasteiger partial charge in [-0.05, 0) is 0 Å². The van der Waals surface area contributed by atoms with Crippen LogP contribution in [0.25, 0.3) is 0 Å². The molecular weight excluding hydrogens is 141 g/mol. The minimum Gasteiger partial charge on any atom is -0.174 e. The predicted octanol–water partition coefficient (Wildman–Crippen LogP) is 3.77. The number of halogens is 3. The van der Waals surface area contributed by atoms with Crippen LogP contribution in [0, 0.1) is 0 Å². The van der Waals surface area contributed by atoms with Crippen LogP contribution in [0.2, 0.25) is 0 Å². The van der Waals surface area contributed by atoms with Crippen molar-refractivity contribution in [3.63, 3.8) is 0 Å². The van der Waals surface area contributed by atoms with Gasteiger partial charge in [0.2, 0.25) is 0 Å². The molecule has 0 unspecified atom stereocenters. The van der Waals surface area contributed by atoms with Gasteiger partial charge in [-0.15, -0.1) is 0 Å². The predicted molar refractivity (Wildman–Crippen MR) is 36.9 cm³/mol. The Morgan fingerprint density at radius 2 is 1.10 bits per heavy atom. The zero-order valence-electron chi connectivity index (χ0n) is 6.54. The van der Waals surface area contributed by atoms with E-state index in [-0.39, 0.29) is 0 Å². The Balaban J connectivity index is 0. The first-order chi connectivity index (χ1) is 4.65. The zero-order valence-corrected chi connectivity index (χ0v) is 6.54. The molecule has 10 heavy (non-hydrogen) atoms. The highest BCUT2D eigenvalue weighted by atomic mass is 19.4. The molecule has 0 N–H and O–H groups in total. The molecule has 0 saturated carbocycles. The number of hydrogen-bond donors (Lipinski definition) is 0. The van der Waals surface area contributed by atoms with Gasteiger partial charge < -0.3 is 0 Å². The fourth-order valence-electron chi connectivity index (χ4n) is 0.500. The summed E-state index contributed by atoms with van der Waals surface area (Å²) in [6, 6.07) is 0. The van der Waals surface area contributed by atoms with E-state index in [1.54, 1.807) is 0 Å². The summed E-state index contributed by atoms with van der Waals surface area (Å²) in [5, 5.41) is 0. The normalized spacial score (nSPS) is 9.00. The maximum absolute atomic E-state index is 9.67. The molecule has 0 aliphatic heterocycles. The third-order valence-electron chi connectivity index (χ3n) is 0.957. The second-order valence-electron chi connectivity index (χ2n) is 1.95. The van der Waals surface area contributed by atoms with E-state index in [0.717, 1.165) is 0 Å². The lowest BCUT2D eigenvalue weighted by atomic mass is 10.2. The van der Waals surface area contributed by atoms with Crippen molar-refractivity contribution in [2.24, 2.45) is 0 Å². The molecule has 3 heteroatoms. The summed E-state index contributed by atoms with van der Waals surface area (Å²) in [6.45, 7) is 0.797. The molecule has 0 aromatic rings. The van der Waals surface area contributed by atoms with E-state index in [9.17, 15) is 13.2 Å². The topological polar surface area (TPSA) is 0 Å². The molecule has 0 aromatic heterocycles. The first-order valence-electron chi connectivity index (χ1n) is 3.57. The van der Waals surface area contributed by atoms with Gasteiger partial charge in [0, 0.05) is 0 Å². The molecule has 0 amide bonds. The van der Waals surface area contributed by atoms with Crippen molar-refractivity contribution in [3.05, 3.63) is 0 Å². The molecule has 0 aliphatic rings. The van der Waals surface area contributed by atoms with Gasteiger partial charge in [0.05, 0.1) is 0 Å². The first kappa shape index (κ1) is 12.5. The summed E-state index contributed by atoms with van der Waals surface area (Å²) in [5.41, 5.74) is 0. The molecule has 0 atom stereocenters. The minimum absolute atomic E-state index is 1.36. The van der Waals surface area contributed by atoms with Gasteiger partial charge in [0.25, 0.3) is 0 Å². The van der Waals surface area contributed by atoms with Crippen LogP contribution in [0.15, 0.2) is 0 Å². The van der Waals surface area contributed by atoms with Crippen LogP contribution in [0.4, 0.5) is 13.2 Å². The molecule has 0 aromatic carbocycles. The minimum atomic E-state index is -3.67. The summed E-state index contributed by atoms with van der Waals surface area (Å²) in [4.78, 5) is 0. The molecule has 0 aliphatic carbocycles. The van der Waals surface area contributed by atoms with Gasteiger partial charge in [-0.1, -0.05) is 39.5 Å². The lowest BCUT2D eigenvalue weighted by Gasteiger charge is -1.86. The van der Waals surface area contributed by atoms with E-state index in [4.69, 9.17) is 0 Å². The van der Waals surface area contributed by atoms with Crippen LogP contribution < -0.4 is 0 Å². The quantitative estimate of drug-likeness (QED) is 0.545. The van der Waals surface area contributed by atoms with E-state index in [0.29, 0.717) is 0 Å². The Bertz CT molecular complexity index is 39.4. The molecule has 0 nitrogen and oxygen atoms in total. The standard InChI is InChI=1S/C6H14.CHF3/c1-3-5-6-4-2;2-1(3)4/h3-6H2,1-2H3;1H. The third kappa shape index (κ3) is 46.1. The summed E-state index contributed by atoms with van der Waals surface area (Å²) < 4.78 is 29.0. The van der Waals surface area contributed by atoms with Crippen molar-refractivity contribution in [2.45, 2.75) is 46.2 Å². The third-order valence-corrected chi connectivity index (χ3v) is 0.957. The molecule has 0 saturated heterocycles. The summed E-state index contributed by atoms with van der Waals surface area (Å²) in [5.74, 6) is 0. The van der Waals surface area contributed by atoms with Gasteiger partial charge in [-0.3, -0.25) is 0 Å².